The number of nitrogens with two attached hydrogens (primary N) is 4. The molecule has 5 rings (SSSR count). The summed E-state index contributed by atoms with van der Waals surface area (Å²) in [5.74, 6) is 0.878. The van der Waals surface area contributed by atoms with Gasteiger partial charge in [0, 0.05) is 67.7 Å². The fourth-order valence-corrected chi connectivity index (χ4v) is 5.64. The fraction of sp³-hybridized carbons (Fsp3) is 0.433. The minimum Gasteiger partial charge on any atom is -0.497 e. The third-order valence-corrected chi connectivity index (χ3v) is 7.68. The van der Waals surface area contributed by atoms with Gasteiger partial charge in [-0.2, -0.15) is 20.0 Å². The Bertz CT molecular complexity index is 1430. The van der Waals surface area contributed by atoms with Gasteiger partial charge < -0.3 is 42.8 Å². The molecule has 45 heavy (non-hydrogen) atoms. The van der Waals surface area contributed by atoms with Crippen molar-refractivity contribution in [1.82, 2.24) is 15.0 Å². The highest BCUT2D eigenvalue weighted by Gasteiger charge is 2.29. The molecular formula is C30H41N11O4. The second kappa shape index (κ2) is 14.1. The number of nitrogens with zero attached hydrogens (tertiary/aromatic N) is 6. The molecule has 2 aliphatic rings. The Hall–Kier alpha value is -4.41. The monoisotopic (exact) mass is 619 g/mol. The number of carbonyl (C=O) groups excluding carboxylic acids is 2. The average molecular weight is 620 g/mol. The second-order valence-corrected chi connectivity index (χ2v) is 11.5. The summed E-state index contributed by atoms with van der Waals surface area (Å²) in [6.45, 7) is 2.24. The number of nitrogens with one attached hydrogen (secondary N) is 1. The molecule has 0 radical (unpaired) electrons. The number of rotatable bonds is 10. The normalized spacial score (nSPS) is 21.7. The number of ketones is 1. The molecule has 1 aromatic heterocycles. The third-order valence-electron chi connectivity index (χ3n) is 7.68. The minimum absolute atomic E-state index is 0.106. The van der Waals surface area contributed by atoms with E-state index < -0.39 is 12.3 Å². The number of piperidine rings is 2. The van der Waals surface area contributed by atoms with Crippen molar-refractivity contribution in [2.75, 3.05) is 60.6 Å². The van der Waals surface area contributed by atoms with Gasteiger partial charge in [0.05, 0.1) is 26.3 Å². The molecule has 2 fully saturated rings. The van der Waals surface area contributed by atoms with E-state index in [9.17, 15) is 9.59 Å². The maximum absolute atomic E-state index is 13.0. The molecule has 3 aromatic rings. The SMILES string of the molecule is COc1cccc(N(OC)C(=O)CC(=O)c2ccc(Nc3nc(N4C[C@H](N)C[C@H](N)C4)nc(N4C[C@H](N)C[C@H](N)C4)n3)cc2)c1. The summed E-state index contributed by atoms with van der Waals surface area (Å²) in [7, 11) is 2.89. The summed E-state index contributed by atoms with van der Waals surface area (Å²) >= 11 is 0. The molecule has 1 amide bonds. The molecule has 15 nitrogen and oxygen atoms in total. The number of methoxy groups -OCH3 is 1. The first kappa shape index (κ1) is 32.0. The fourth-order valence-electron chi connectivity index (χ4n) is 5.64. The molecule has 2 aliphatic heterocycles. The van der Waals surface area contributed by atoms with Crippen LogP contribution in [0.2, 0.25) is 0 Å². The Morgan fingerprint density at radius 3 is 1.91 bits per heavy atom. The number of aromatic nitrogens is 3. The molecule has 240 valence electrons. The highest BCUT2D eigenvalue weighted by atomic mass is 16.7. The van der Waals surface area contributed by atoms with Gasteiger partial charge in [0.15, 0.2) is 5.78 Å². The number of anilines is 5. The van der Waals surface area contributed by atoms with Crippen molar-refractivity contribution in [2.45, 2.75) is 43.4 Å². The predicted molar refractivity (Wildman–Crippen MR) is 172 cm³/mol. The van der Waals surface area contributed by atoms with Gasteiger partial charge in [-0.15, -0.1) is 0 Å². The zero-order chi connectivity index (χ0) is 32.1. The molecule has 0 bridgehead atoms. The lowest BCUT2D eigenvalue weighted by Crippen LogP contribution is -2.54. The van der Waals surface area contributed by atoms with Crippen molar-refractivity contribution in [3.05, 3.63) is 54.1 Å². The lowest BCUT2D eigenvalue weighted by molar-refractivity contribution is -0.123. The standard InChI is InChI=1S/C30H41N11O4/c1-44-25-5-3-4-24(12-25)41(45-2)27(43)13-26(42)18-6-8-23(9-7-18)35-28-36-29(39-14-19(31)10-20(32)15-39)38-30(37-28)40-16-21(33)11-22(34)17-40/h3-9,12,19-22H,10-11,13-17,31-34H2,1-2H3,(H,35,36,37,38)/t19-,20+,21-,22+. The average Bonchev–Trinajstić information content (AvgIpc) is 3.01. The molecule has 2 aromatic carbocycles. The first-order chi connectivity index (χ1) is 21.6. The van der Waals surface area contributed by atoms with Gasteiger partial charge in [-0.1, -0.05) is 6.07 Å². The number of hydroxylamine groups is 1. The number of amides is 1. The summed E-state index contributed by atoms with van der Waals surface area (Å²) in [6, 6.07) is 13.1. The van der Waals surface area contributed by atoms with Crippen molar-refractivity contribution in [3.8, 4) is 5.75 Å². The molecule has 9 N–H and O–H groups in total. The summed E-state index contributed by atoms with van der Waals surface area (Å²) < 4.78 is 5.22. The van der Waals surface area contributed by atoms with Crippen LogP contribution < -0.4 is 47.9 Å². The van der Waals surface area contributed by atoms with E-state index in [1.165, 1.54) is 14.2 Å². The minimum atomic E-state index is -0.516. The topological polar surface area (TPSA) is 217 Å². The van der Waals surface area contributed by atoms with Gasteiger partial charge in [-0.05, 0) is 49.2 Å². The van der Waals surface area contributed by atoms with Gasteiger partial charge in [0.1, 0.15) is 5.75 Å². The lowest BCUT2D eigenvalue weighted by atomic mass is 10.0. The number of Topliss-reactive ketones (excluding diaryl/α,β-unsaturated/α-hetero) is 1. The van der Waals surface area contributed by atoms with Gasteiger partial charge in [-0.25, -0.2) is 0 Å². The number of ether oxygens (including phenoxy) is 1. The van der Waals surface area contributed by atoms with E-state index in [-0.39, 0.29) is 30.0 Å². The van der Waals surface area contributed by atoms with Crippen LogP contribution >= 0.6 is 0 Å². The Balaban J connectivity index is 1.32. The molecule has 2 saturated heterocycles. The van der Waals surface area contributed by atoms with Crippen LogP contribution in [0.25, 0.3) is 0 Å². The van der Waals surface area contributed by atoms with Crippen LogP contribution in [-0.4, -0.2) is 91.2 Å². The molecular weight excluding hydrogens is 578 g/mol. The number of hydrogen-bond acceptors (Lipinski definition) is 14. The summed E-state index contributed by atoms with van der Waals surface area (Å²) in [4.78, 5) is 49.2. The number of hydrogen-bond donors (Lipinski definition) is 5. The van der Waals surface area contributed by atoms with Crippen molar-refractivity contribution in [3.63, 3.8) is 0 Å². The summed E-state index contributed by atoms with van der Waals surface area (Å²) in [5, 5.41) is 4.28. The first-order valence-electron chi connectivity index (χ1n) is 14.8. The van der Waals surface area contributed by atoms with E-state index >= 15 is 0 Å². The van der Waals surface area contributed by atoms with Crippen molar-refractivity contribution in [2.24, 2.45) is 22.9 Å². The highest BCUT2D eigenvalue weighted by Crippen LogP contribution is 2.25. The van der Waals surface area contributed by atoms with E-state index in [1.807, 2.05) is 9.80 Å². The first-order valence-corrected chi connectivity index (χ1v) is 14.8. The lowest BCUT2D eigenvalue weighted by Gasteiger charge is -2.37. The van der Waals surface area contributed by atoms with Crippen LogP contribution in [-0.2, 0) is 9.63 Å². The molecule has 15 heteroatoms. The Morgan fingerprint density at radius 2 is 1.40 bits per heavy atom. The van der Waals surface area contributed by atoms with Gasteiger partial charge >= 0.3 is 0 Å². The maximum Gasteiger partial charge on any atom is 0.258 e. The van der Waals surface area contributed by atoms with E-state index in [2.05, 4.69) is 15.3 Å². The molecule has 3 heterocycles. The number of carbonyl (C=O) groups is 2. The van der Waals surface area contributed by atoms with E-state index in [0.29, 0.717) is 66.7 Å². The van der Waals surface area contributed by atoms with Crippen molar-refractivity contribution < 1.29 is 19.2 Å². The van der Waals surface area contributed by atoms with Crippen LogP contribution in [0.5, 0.6) is 5.75 Å². The van der Waals surface area contributed by atoms with Crippen LogP contribution in [0.1, 0.15) is 29.6 Å². The molecule has 0 saturated carbocycles. The second-order valence-electron chi connectivity index (χ2n) is 11.5. The van der Waals surface area contributed by atoms with E-state index in [1.54, 1.807) is 48.5 Å². The van der Waals surface area contributed by atoms with Gasteiger partial charge in [0.2, 0.25) is 17.8 Å². The third kappa shape index (κ3) is 8.01. The molecule has 0 spiro atoms. The molecule has 0 aliphatic carbocycles. The van der Waals surface area contributed by atoms with Crippen molar-refractivity contribution >= 4 is 40.9 Å². The molecule has 4 atom stereocenters. The van der Waals surface area contributed by atoms with Crippen LogP contribution in [0.4, 0.5) is 29.2 Å². The van der Waals surface area contributed by atoms with Gasteiger partial charge in [-0.3, -0.25) is 14.4 Å². The Labute approximate surface area is 261 Å². The summed E-state index contributed by atoms with van der Waals surface area (Å²) in [5.41, 5.74) is 26.5. The highest BCUT2D eigenvalue weighted by molar-refractivity contribution is 6.11. The quantitative estimate of drug-likeness (QED) is 0.119. The Morgan fingerprint density at radius 1 is 0.844 bits per heavy atom. The largest absolute Gasteiger partial charge is 0.497 e. The predicted octanol–water partition coefficient (Wildman–Crippen LogP) is 0.521. The smallest absolute Gasteiger partial charge is 0.258 e. The zero-order valence-electron chi connectivity index (χ0n) is 25.5. The molecule has 0 unspecified atom stereocenters. The maximum atomic E-state index is 13.0. The van der Waals surface area contributed by atoms with Crippen LogP contribution in [0.3, 0.4) is 0 Å². The van der Waals surface area contributed by atoms with E-state index in [0.717, 1.165) is 17.9 Å². The van der Waals surface area contributed by atoms with Crippen LogP contribution in [0, 0.1) is 0 Å². The van der Waals surface area contributed by atoms with Gasteiger partial charge in [0.25, 0.3) is 5.91 Å². The van der Waals surface area contributed by atoms with Crippen molar-refractivity contribution in [1.29, 1.82) is 0 Å². The number of benzene rings is 2. The summed E-state index contributed by atoms with van der Waals surface area (Å²) in [6.07, 6.45) is 1.05. The van der Waals surface area contributed by atoms with E-state index in [4.69, 9.17) is 37.5 Å². The zero-order valence-corrected chi connectivity index (χ0v) is 25.5. The van der Waals surface area contributed by atoms with Crippen LogP contribution in [0.15, 0.2) is 48.5 Å². The Kier molecular flexibility index (Phi) is 10.0.